The molecule has 1 rings (SSSR count). The van der Waals surface area contributed by atoms with Crippen LogP contribution in [0.4, 0.5) is 0 Å². The molecule has 1 aromatic rings. The van der Waals surface area contributed by atoms with Crippen molar-refractivity contribution < 1.29 is 5.11 Å². The van der Waals surface area contributed by atoms with Gasteiger partial charge in [-0.1, -0.05) is 0 Å². The molecule has 0 aliphatic rings. The number of aryl methyl sites for hydroxylation is 1. The second kappa shape index (κ2) is 4.54. The first-order valence-electron chi connectivity index (χ1n) is 4.00. The van der Waals surface area contributed by atoms with Gasteiger partial charge in [-0.25, -0.2) is 4.98 Å². The Kier molecular flexibility index (Phi) is 3.65. The van der Waals surface area contributed by atoms with E-state index in [2.05, 4.69) is 17.2 Å². The van der Waals surface area contributed by atoms with Gasteiger partial charge in [0.05, 0.1) is 17.8 Å². The number of aromatic nitrogens is 1. The number of rotatable bonds is 4. The van der Waals surface area contributed by atoms with Crippen LogP contribution in [-0.2, 0) is 0 Å². The molecule has 0 saturated carbocycles. The van der Waals surface area contributed by atoms with Gasteiger partial charge in [0.1, 0.15) is 0 Å². The monoisotopic (exact) mass is 186 g/mol. The molecular weight excluding hydrogens is 172 g/mol. The Morgan fingerprint density at radius 1 is 1.75 bits per heavy atom. The third-order valence-corrected chi connectivity index (χ3v) is 2.85. The van der Waals surface area contributed by atoms with Crippen LogP contribution in [0.3, 0.4) is 0 Å². The lowest BCUT2D eigenvalue weighted by atomic mass is 10.2. The molecule has 0 fully saturated rings. The molecule has 1 heterocycles. The van der Waals surface area contributed by atoms with Gasteiger partial charge >= 0.3 is 0 Å². The standard InChI is InChI=1S/C8H14N2OS/c1-6(9-3-4-11)8-7(2)10-5-12-8/h5-6,9,11H,3-4H2,1-2H3. The summed E-state index contributed by atoms with van der Waals surface area (Å²) >= 11 is 1.65. The number of nitrogens with zero attached hydrogens (tertiary/aromatic N) is 1. The Labute approximate surface area is 76.5 Å². The Hall–Kier alpha value is -0.450. The summed E-state index contributed by atoms with van der Waals surface area (Å²) in [6.07, 6.45) is 0. The van der Waals surface area contributed by atoms with Gasteiger partial charge in [0.25, 0.3) is 0 Å². The van der Waals surface area contributed by atoms with E-state index >= 15 is 0 Å². The van der Waals surface area contributed by atoms with Crippen molar-refractivity contribution in [2.75, 3.05) is 13.2 Å². The van der Waals surface area contributed by atoms with Gasteiger partial charge in [-0.3, -0.25) is 0 Å². The molecule has 1 unspecified atom stereocenters. The fourth-order valence-corrected chi connectivity index (χ4v) is 1.94. The van der Waals surface area contributed by atoms with Crippen molar-refractivity contribution in [2.24, 2.45) is 0 Å². The predicted octanol–water partition coefficient (Wildman–Crippen LogP) is 1.09. The van der Waals surface area contributed by atoms with Gasteiger partial charge in [-0.05, 0) is 13.8 Å². The third kappa shape index (κ3) is 2.27. The zero-order valence-corrected chi connectivity index (χ0v) is 8.19. The molecule has 0 radical (unpaired) electrons. The fourth-order valence-electron chi connectivity index (χ4n) is 1.10. The molecule has 68 valence electrons. The lowest BCUT2D eigenvalue weighted by molar-refractivity contribution is 0.286. The average molecular weight is 186 g/mol. The fraction of sp³-hybridized carbons (Fsp3) is 0.625. The normalized spacial score (nSPS) is 13.2. The van der Waals surface area contributed by atoms with Gasteiger partial charge in [-0.15, -0.1) is 11.3 Å². The highest BCUT2D eigenvalue weighted by Gasteiger charge is 2.08. The molecule has 2 N–H and O–H groups in total. The first-order chi connectivity index (χ1) is 5.75. The molecule has 0 spiro atoms. The van der Waals surface area contributed by atoms with E-state index in [9.17, 15) is 0 Å². The Morgan fingerprint density at radius 3 is 3.00 bits per heavy atom. The zero-order chi connectivity index (χ0) is 8.97. The molecule has 3 nitrogen and oxygen atoms in total. The van der Waals surface area contributed by atoms with Crippen LogP contribution in [-0.4, -0.2) is 23.2 Å². The number of aliphatic hydroxyl groups excluding tert-OH is 1. The number of aliphatic hydroxyl groups is 1. The molecule has 1 atom stereocenters. The van der Waals surface area contributed by atoms with Gasteiger partial charge in [-0.2, -0.15) is 0 Å². The predicted molar refractivity (Wildman–Crippen MR) is 50.4 cm³/mol. The largest absolute Gasteiger partial charge is 0.395 e. The Bertz CT molecular complexity index is 237. The lowest BCUT2D eigenvalue weighted by Gasteiger charge is -2.10. The van der Waals surface area contributed by atoms with Gasteiger partial charge in [0.15, 0.2) is 0 Å². The molecule has 0 amide bonds. The topological polar surface area (TPSA) is 45.2 Å². The van der Waals surface area contributed by atoms with Gasteiger partial charge in [0, 0.05) is 17.5 Å². The summed E-state index contributed by atoms with van der Waals surface area (Å²) in [5.74, 6) is 0. The van der Waals surface area contributed by atoms with E-state index in [1.54, 1.807) is 11.3 Å². The summed E-state index contributed by atoms with van der Waals surface area (Å²) in [5.41, 5.74) is 2.93. The lowest BCUT2D eigenvalue weighted by Crippen LogP contribution is -2.21. The number of nitrogens with one attached hydrogen (secondary N) is 1. The van der Waals surface area contributed by atoms with Crippen LogP contribution in [0.15, 0.2) is 5.51 Å². The summed E-state index contributed by atoms with van der Waals surface area (Å²) in [7, 11) is 0. The second-order valence-corrected chi connectivity index (χ2v) is 3.59. The zero-order valence-electron chi connectivity index (χ0n) is 7.37. The SMILES string of the molecule is Cc1ncsc1C(C)NCCO. The highest BCUT2D eigenvalue weighted by Crippen LogP contribution is 2.20. The molecule has 0 aromatic carbocycles. The Balaban J connectivity index is 2.52. The summed E-state index contributed by atoms with van der Waals surface area (Å²) < 4.78 is 0. The Morgan fingerprint density at radius 2 is 2.50 bits per heavy atom. The molecule has 4 heteroatoms. The van der Waals surface area contributed by atoms with Crippen molar-refractivity contribution in [3.8, 4) is 0 Å². The molecular formula is C8H14N2OS. The first kappa shape index (κ1) is 9.64. The quantitative estimate of drug-likeness (QED) is 0.740. The van der Waals surface area contributed by atoms with Crippen molar-refractivity contribution in [3.63, 3.8) is 0 Å². The van der Waals surface area contributed by atoms with E-state index in [1.165, 1.54) is 4.88 Å². The molecule has 0 aliphatic heterocycles. The number of hydrogen-bond donors (Lipinski definition) is 2. The van der Waals surface area contributed by atoms with Crippen molar-refractivity contribution in [1.82, 2.24) is 10.3 Å². The maximum atomic E-state index is 8.61. The van der Waals surface area contributed by atoms with Crippen LogP contribution in [0.1, 0.15) is 23.5 Å². The van der Waals surface area contributed by atoms with E-state index in [0.29, 0.717) is 12.6 Å². The van der Waals surface area contributed by atoms with Crippen LogP contribution in [0.25, 0.3) is 0 Å². The van der Waals surface area contributed by atoms with Crippen molar-refractivity contribution in [3.05, 3.63) is 16.1 Å². The van der Waals surface area contributed by atoms with Gasteiger partial charge < -0.3 is 10.4 Å². The maximum Gasteiger partial charge on any atom is 0.0798 e. The van der Waals surface area contributed by atoms with E-state index in [4.69, 9.17) is 5.11 Å². The van der Waals surface area contributed by atoms with E-state index in [-0.39, 0.29) is 6.61 Å². The minimum absolute atomic E-state index is 0.183. The maximum absolute atomic E-state index is 8.61. The molecule has 12 heavy (non-hydrogen) atoms. The minimum atomic E-state index is 0.183. The summed E-state index contributed by atoms with van der Waals surface area (Å²) in [6.45, 7) is 4.90. The molecule has 0 bridgehead atoms. The summed E-state index contributed by atoms with van der Waals surface area (Å²) in [4.78, 5) is 5.41. The smallest absolute Gasteiger partial charge is 0.0798 e. The van der Waals surface area contributed by atoms with Crippen LogP contribution in [0.2, 0.25) is 0 Å². The molecule has 1 aromatic heterocycles. The van der Waals surface area contributed by atoms with Crippen LogP contribution in [0.5, 0.6) is 0 Å². The molecule has 0 saturated heterocycles. The second-order valence-electron chi connectivity index (χ2n) is 2.70. The third-order valence-electron chi connectivity index (χ3n) is 1.74. The average Bonchev–Trinajstić information content (AvgIpc) is 2.47. The van der Waals surface area contributed by atoms with E-state index in [1.807, 2.05) is 12.4 Å². The number of thiazole rings is 1. The first-order valence-corrected chi connectivity index (χ1v) is 4.88. The highest BCUT2D eigenvalue weighted by atomic mass is 32.1. The van der Waals surface area contributed by atoms with Crippen LogP contribution in [0, 0.1) is 6.92 Å². The summed E-state index contributed by atoms with van der Waals surface area (Å²) in [6, 6.07) is 0.296. The van der Waals surface area contributed by atoms with Crippen molar-refractivity contribution in [2.45, 2.75) is 19.9 Å². The van der Waals surface area contributed by atoms with Crippen molar-refractivity contribution in [1.29, 1.82) is 0 Å². The molecule has 0 aliphatic carbocycles. The van der Waals surface area contributed by atoms with Crippen molar-refractivity contribution >= 4 is 11.3 Å². The minimum Gasteiger partial charge on any atom is -0.395 e. The highest BCUT2D eigenvalue weighted by molar-refractivity contribution is 7.09. The van der Waals surface area contributed by atoms with E-state index in [0.717, 1.165) is 5.69 Å². The van der Waals surface area contributed by atoms with E-state index < -0.39 is 0 Å². The van der Waals surface area contributed by atoms with Crippen LogP contribution < -0.4 is 5.32 Å². The van der Waals surface area contributed by atoms with Crippen LogP contribution >= 0.6 is 11.3 Å². The van der Waals surface area contributed by atoms with Gasteiger partial charge in [0.2, 0.25) is 0 Å². The number of hydrogen-bond acceptors (Lipinski definition) is 4. The summed E-state index contributed by atoms with van der Waals surface area (Å²) in [5, 5.41) is 11.8.